The minimum absolute atomic E-state index is 0.317. The van der Waals surface area contributed by atoms with Crippen LogP contribution in [0.2, 0.25) is 0 Å². The van der Waals surface area contributed by atoms with Gasteiger partial charge in [-0.1, -0.05) is 24.3 Å². The van der Waals surface area contributed by atoms with Crippen molar-refractivity contribution in [3.8, 4) is 23.0 Å². The number of benzene rings is 2. The van der Waals surface area contributed by atoms with Gasteiger partial charge in [-0.25, -0.2) is 0 Å². The number of rotatable bonds is 8. The van der Waals surface area contributed by atoms with Gasteiger partial charge in [0.1, 0.15) is 18.3 Å². The number of phenolic OH excluding ortho intramolecular Hbond substituents is 4. The second-order valence-corrected chi connectivity index (χ2v) is 6.35. The van der Waals surface area contributed by atoms with Crippen LogP contribution in [0.4, 0.5) is 0 Å². The number of hydrogen-bond donors (Lipinski definition) is 7. The predicted molar refractivity (Wildman–Crippen MR) is 106 cm³/mol. The molecule has 0 fully saturated rings. The molecule has 30 heavy (non-hydrogen) atoms. The van der Waals surface area contributed by atoms with Crippen molar-refractivity contribution in [3.63, 3.8) is 0 Å². The Hall–Kier alpha value is -3.66. The quantitative estimate of drug-likeness (QED) is 0.238. The minimum atomic E-state index is -2.11. The lowest BCUT2D eigenvalue weighted by atomic mass is 9.99. The Morgan fingerprint density at radius 1 is 0.633 bits per heavy atom. The van der Waals surface area contributed by atoms with Gasteiger partial charge in [0.25, 0.3) is 0 Å². The maximum absolute atomic E-state index is 12.0. The average molecular weight is 416 g/mol. The number of ketones is 2. The molecule has 0 aliphatic rings. The van der Waals surface area contributed by atoms with E-state index in [-0.39, 0.29) is 11.5 Å². The molecule has 9 nitrogen and oxygen atoms in total. The number of aliphatic hydroxyl groups excluding tert-OH is 3. The fourth-order valence-corrected chi connectivity index (χ4v) is 2.35. The van der Waals surface area contributed by atoms with E-state index in [1.807, 2.05) is 0 Å². The van der Waals surface area contributed by atoms with E-state index in [1.54, 1.807) is 0 Å². The molecular weight excluding hydrogens is 396 g/mol. The van der Waals surface area contributed by atoms with Gasteiger partial charge in [-0.15, -0.1) is 0 Å². The van der Waals surface area contributed by atoms with Crippen LogP contribution in [0.5, 0.6) is 23.0 Å². The highest BCUT2D eigenvalue weighted by molar-refractivity contribution is 6.00. The van der Waals surface area contributed by atoms with E-state index >= 15 is 0 Å². The Balaban J connectivity index is 2.01. The zero-order valence-electron chi connectivity index (χ0n) is 15.5. The van der Waals surface area contributed by atoms with Gasteiger partial charge >= 0.3 is 0 Å². The van der Waals surface area contributed by atoms with Crippen LogP contribution in [0.25, 0.3) is 12.2 Å². The predicted octanol–water partition coefficient (Wildman–Crippen LogP) is 0.456. The molecule has 0 saturated heterocycles. The van der Waals surface area contributed by atoms with Crippen LogP contribution in [0, 0.1) is 0 Å². The standard InChI is InChI=1S/C21H20O9/c22-13-5-1-11(9-17(13)26)3-7-15(24)19(28)21(30)20(29)16(25)8-4-12-2-6-14(23)18(27)10-12/h1-10,19-23,26-30H/b7-3+,8-4+. The summed E-state index contributed by atoms with van der Waals surface area (Å²) in [5, 5.41) is 67.0. The average Bonchev–Trinajstić information content (AvgIpc) is 2.73. The lowest BCUT2D eigenvalue weighted by Gasteiger charge is -2.19. The third kappa shape index (κ3) is 5.67. The number of aliphatic hydroxyl groups is 3. The number of aromatic hydroxyl groups is 4. The number of hydrogen-bond acceptors (Lipinski definition) is 9. The van der Waals surface area contributed by atoms with Gasteiger partial charge in [-0.2, -0.15) is 0 Å². The molecule has 0 aliphatic heterocycles. The smallest absolute Gasteiger partial charge is 0.186 e. The Morgan fingerprint density at radius 2 is 1.00 bits per heavy atom. The maximum Gasteiger partial charge on any atom is 0.186 e. The second kappa shape index (κ2) is 9.70. The summed E-state index contributed by atoms with van der Waals surface area (Å²) in [5.41, 5.74) is 0.633. The number of phenols is 4. The third-order valence-corrected chi connectivity index (χ3v) is 4.11. The first-order valence-corrected chi connectivity index (χ1v) is 8.62. The molecule has 2 atom stereocenters. The van der Waals surface area contributed by atoms with Crippen LogP contribution >= 0.6 is 0 Å². The highest BCUT2D eigenvalue weighted by atomic mass is 16.4. The Morgan fingerprint density at radius 3 is 1.33 bits per heavy atom. The lowest BCUT2D eigenvalue weighted by Crippen LogP contribution is -2.45. The van der Waals surface area contributed by atoms with Crippen molar-refractivity contribution in [2.24, 2.45) is 0 Å². The molecule has 0 radical (unpaired) electrons. The molecular formula is C21H20O9. The molecule has 0 saturated carbocycles. The van der Waals surface area contributed by atoms with E-state index in [0.717, 1.165) is 24.3 Å². The molecule has 0 amide bonds. The summed E-state index contributed by atoms with van der Waals surface area (Å²) in [6, 6.07) is 7.46. The maximum atomic E-state index is 12.0. The van der Waals surface area contributed by atoms with Crippen LogP contribution < -0.4 is 0 Å². The largest absolute Gasteiger partial charge is 0.504 e. The van der Waals surface area contributed by atoms with Gasteiger partial charge in [0.05, 0.1) is 0 Å². The molecule has 2 unspecified atom stereocenters. The monoisotopic (exact) mass is 416 g/mol. The third-order valence-electron chi connectivity index (χ3n) is 4.11. The Bertz CT molecular complexity index is 914. The van der Waals surface area contributed by atoms with Crippen LogP contribution in [0.15, 0.2) is 48.6 Å². The molecule has 0 bridgehead atoms. The fourth-order valence-electron chi connectivity index (χ4n) is 2.35. The number of carbonyl (C=O) groups excluding carboxylic acids is 2. The molecule has 2 rings (SSSR count). The van der Waals surface area contributed by atoms with Crippen molar-refractivity contribution >= 4 is 23.7 Å². The highest BCUT2D eigenvalue weighted by Crippen LogP contribution is 2.26. The normalized spacial score (nSPS) is 14.6. The summed E-state index contributed by atoms with van der Waals surface area (Å²) in [7, 11) is 0. The molecule has 7 N–H and O–H groups in total. The van der Waals surface area contributed by atoms with Crippen molar-refractivity contribution in [2.45, 2.75) is 18.3 Å². The van der Waals surface area contributed by atoms with Crippen molar-refractivity contribution in [2.75, 3.05) is 0 Å². The number of carbonyl (C=O) groups is 2. The molecule has 2 aromatic rings. The van der Waals surface area contributed by atoms with Crippen molar-refractivity contribution in [3.05, 3.63) is 59.7 Å². The molecule has 0 aromatic heterocycles. The molecule has 0 spiro atoms. The van der Waals surface area contributed by atoms with Gasteiger partial charge in [0.2, 0.25) is 0 Å². The SMILES string of the molecule is O=C(/C=C/c1ccc(O)c(O)c1)C(O)C(O)C(O)C(=O)/C=C/c1ccc(O)c(O)c1. The summed E-state index contributed by atoms with van der Waals surface area (Å²) in [6.45, 7) is 0. The van der Waals surface area contributed by atoms with Crippen LogP contribution in [-0.4, -0.2) is 65.6 Å². The van der Waals surface area contributed by atoms with Crippen LogP contribution in [0.1, 0.15) is 11.1 Å². The van der Waals surface area contributed by atoms with Crippen molar-refractivity contribution < 1.29 is 45.3 Å². The molecule has 0 heterocycles. The molecule has 9 heteroatoms. The fraction of sp³-hybridized carbons (Fsp3) is 0.143. The van der Waals surface area contributed by atoms with Crippen LogP contribution in [0.3, 0.4) is 0 Å². The van der Waals surface area contributed by atoms with Gasteiger partial charge in [-0.05, 0) is 47.5 Å². The van der Waals surface area contributed by atoms with E-state index in [4.69, 9.17) is 0 Å². The Kier molecular flexibility index (Phi) is 7.32. The van der Waals surface area contributed by atoms with Crippen LogP contribution in [-0.2, 0) is 9.59 Å². The van der Waals surface area contributed by atoms with E-state index in [1.165, 1.54) is 36.4 Å². The van der Waals surface area contributed by atoms with E-state index in [9.17, 15) is 45.3 Å². The summed E-state index contributed by atoms with van der Waals surface area (Å²) in [6.07, 6.45) is -2.15. The topological polar surface area (TPSA) is 176 Å². The molecule has 158 valence electrons. The zero-order valence-corrected chi connectivity index (χ0v) is 15.5. The summed E-state index contributed by atoms with van der Waals surface area (Å²) < 4.78 is 0. The summed E-state index contributed by atoms with van der Waals surface area (Å²) >= 11 is 0. The molecule has 0 aliphatic carbocycles. The second-order valence-electron chi connectivity index (χ2n) is 6.35. The minimum Gasteiger partial charge on any atom is -0.504 e. The van der Waals surface area contributed by atoms with E-state index in [2.05, 4.69) is 0 Å². The summed E-state index contributed by atoms with van der Waals surface area (Å²) in [4.78, 5) is 24.0. The first-order valence-electron chi connectivity index (χ1n) is 8.62. The first-order chi connectivity index (χ1) is 14.1. The van der Waals surface area contributed by atoms with Gasteiger partial charge in [0, 0.05) is 0 Å². The lowest BCUT2D eigenvalue weighted by molar-refractivity contribution is -0.141. The molecule has 2 aromatic carbocycles. The Labute approximate surface area is 170 Å². The first kappa shape index (κ1) is 22.6. The highest BCUT2D eigenvalue weighted by Gasteiger charge is 2.32. The van der Waals surface area contributed by atoms with Gasteiger partial charge < -0.3 is 35.7 Å². The summed E-state index contributed by atoms with van der Waals surface area (Å²) in [5.74, 6) is -3.55. The van der Waals surface area contributed by atoms with Crippen molar-refractivity contribution in [1.29, 1.82) is 0 Å². The van der Waals surface area contributed by atoms with Crippen molar-refractivity contribution in [1.82, 2.24) is 0 Å². The van der Waals surface area contributed by atoms with E-state index < -0.39 is 41.4 Å². The van der Waals surface area contributed by atoms with E-state index in [0.29, 0.717) is 11.1 Å². The van der Waals surface area contributed by atoms with Gasteiger partial charge in [0.15, 0.2) is 34.6 Å². The zero-order chi connectivity index (χ0) is 22.4. The van der Waals surface area contributed by atoms with Gasteiger partial charge in [-0.3, -0.25) is 9.59 Å².